The Labute approximate surface area is 312 Å². The number of aryl methyl sites for hydroxylation is 1. The number of imidazole rings is 1. The lowest BCUT2D eigenvalue weighted by molar-refractivity contribution is 0.594. The third-order valence-corrected chi connectivity index (χ3v) is 13.1. The molecule has 256 valence electrons. The van der Waals surface area contributed by atoms with Crippen molar-refractivity contribution in [1.29, 1.82) is 0 Å². The van der Waals surface area contributed by atoms with Gasteiger partial charge in [0.15, 0.2) is 0 Å². The SMILES string of the molecule is CCc1nc2cccc3c2n1-c1ccc(-c2ccc4c(-c5cccc6ccccc56)c5ccccc5c(-c5cccc6ccccc56)c4c2)cc1S3(=O)=O. The standard InChI is InChI=1S/C49H32N2O2S/c1-2-46-50-42-22-11-23-44-49(42)51(46)43-27-25-33(29-45(43)54(44,52)53)32-24-26-40-41(28-32)48(37-21-10-15-31-13-4-6-17-35(31)37)39-19-8-7-18-38(39)47(40)36-20-9-14-30-12-3-5-16-34(30)36/h3-29H,2H2,1H3. The van der Waals surface area contributed by atoms with Crippen molar-refractivity contribution in [2.75, 3.05) is 0 Å². The van der Waals surface area contributed by atoms with Crippen LogP contribution in [0.1, 0.15) is 12.7 Å². The molecule has 54 heavy (non-hydrogen) atoms. The van der Waals surface area contributed by atoms with Crippen molar-refractivity contribution >= 4 is 64.0 Å². The van der Waals surface area contributed by atoms with Crippen LogP contribution in [0.15, 0.2) is 174 Å². The van der Waals surface area contributed by atoms with Gasteiger partial charge in [-0.05, 0) is 107 Å². The molecule has 2 heterocycles. The molecule has 0 spiro atoms. The number of hydrogen-bond acceptors (Lipinski definition) is 3. The summed E-state index contributed by atoms with van der Waals surface area (Å²) < 4.78 is 30.7. The second kappa shape index (κ2) is 11.5. The monoisotopic (exact) mass is 712 g/mol. The summed E-state index contributed by atoms with van der Waals surface area (Å²) in [6.45, 7) is 2.06. The third kappa shape index (κ3) is 4.30. The zero-order valence-electron chi connectivity index (χ0n) is 29.4. The van der Waals surface area contributed by atoms with Crippen molar-refractivity contribution in [3.05, 3.63) is 170 Å². The fourth-order valence-electron chi connectivity index (χ4n) is 8.89. The van der Waals surface area contributed by atoms with Gasteiger partial charge in [-0.15, -0.1) is 0 Å². The van der Waals surface area contributed by atoms with Crippen molar-refractivity contribution in [2.24, 2.45) is 0 Å². The second-order valence-electron chi connectivity index (χ2n) is 14.1. The smallest absolute Gasteiger partial charge is 0.210 e. The summed E-state index contributed by atoms with van der Waals surface area (Å²) in [5.41, 5.74) is 8.51. The summed E-state index contributed by atoms with van der Waals surface area (Å²) >= 11 is 0. The Hall–Kier alpha value is -6.56. The predicted molar refractivity (Wildman–Crippen MR) is 222 cm³/mol. The summed E-state index contributed by atoms with van der Waals surface area (Å²) in [6.07, 6.45) is 0.684. The van der Waals surface area contributed by atoms with Gasteiger partial charge < -0.3 is 0 Å². The third-order valence-electron chi connectivity index (χ3n) is 11.3. The molecule has 1 aromatic heterocycles. The molecule has 10 aromatic rings. The van der Waals surface area contributed by atoms with E-state index in [2.05, 4.69) is 140 Å². The summed E-state index contributed by atoms with van der Waals surface area (Å²) in [5, 5.41) is 9.38. The van der Waals surface area contributed by atoms with Gasteiger partial charge in [-0.2, -0.15) is 0 Å². The number of hydrogen-bond donors (Lipinski definition) is 0. The number of benzene rings is 9. The maximum Gasteiger partial charge on any atom is 0.210 e. The lowest BCUT2D eigenvalue weighted by Gasteiger charge is -2.22. The van der Waals surface area contributed by atoms with Crippen LogP contribution in [0.25, 0.3) is 93.2 Å². The van der Waals surface area contributed by atoms with Gasteiger partial charge in [0.05, 0.1) is 26.5 Å². The maximum atomic E-state index is 14.4. The molecule has 0 atom stereocenters. The molecule has 0 saturated heterocycles. The highest BCUT2D eigenvalue weighted by molar-refractivity contribution is 7.92. The van der Waals surface area contributed by atoms with Crippen molar-refractivity contribution in [1.82, 2.24) is 9.55 Å². The van der Waals surface area contributed by atoms with Crippen LogP contribution in [0.5, 0.6) is 0 Å². The Morgan fingerprint density at radius 2 is 1.04 bits per heavy atom. The van der Waals surface area contributed by atoms with Gasteiger partial charge in [-0.3, -0.25) is 4.57 Å². The van der Waals surface area contributed by atoms with Crippen LogP contribution in [-0.2, 0) is 16.3 Å². The lowest BCUT2D eigenvalue weighted by Crippen LogP contribution is -2.16. The van der Waals surface area contributed by atoms with Gasteiger partial charge >= 0.3 is 0 Å². The van der Waals surface area contributed by atoms with Gasteiger partial charge in [0.25, 0.3) is 0 Å². The highest BCUT2D eigenvalue weighted by Crippen LogP contribution is 2.48. The number of nitrogens with zero attached hydrogens (tertiary/aromatic N) is 2. The minimum Gasteiger partial charge on any atom is -0.294 e. The van der Waals surface area contributed by atoms with E-state index in [-0.39, 0.29) is 0 Å². The minimum atomic E-state index is -3.80. The predicted octanol–water partition coefficient (Wildman–Crippen LogP) is 12.3. The van der Waals surface area contributed by atoms with Crippen LogP contribution in [0, 0.1) is 0 Å². The number of aromatic nitrogens is 2. The highest BCUT2D eigenvalue weighted by Gasteiger charge is 2.33. The fraction of sp³-hybridized carbons (Fsp3) is 0.0408. The van der Waals surface area contributed by atoms with Gasteiger partial charge in [0, 0.05) is 6.42 Å². The molecule has 1 aliphatic heterocycles. The van der Waals surface area contributed by atoms with E-state index in [9.17, 15) is 8.42 Å². The van der Waals surface area contributed by atoms with E-state index in [1.54, 1.807) is 12.1 Å². The number of sulfone groups is 1. The normalized spacial score (nSPS) is 13.3. The van der Waals surface area contributed by atoms with Crippen LogP contribution in [0.4, 0.5) is 0 Å². The molecule has 0 amide bonds. The van der Waals surface area contributed by atoms with Gasteiger partial charge in [0.2, 0.25) is 9.84 Å². The van der Waals surface area contributed by atoms with Crippen molar-refractivity contribution in [3.63, 3.8) is 0 Å². The molecule has 11 rings (SSSR count). The van der Waals surface area contributed by atoms with Gasteiger partial charge in [0.1, 0.15) is 5.82 Å². The second-order valence-corrected chi connectivity index (χ2v) is 16.0. The Morgan fingerprint density at radius 1 is 0.500 bits per heavy atom. The first-order chi connectivity index (χ1) is 26.5. The van der Waals surface area contributed by atoms with Crippen molar-refractivity contribution < 1.29 is 8.42 Å². The molecular weight excluding hydrogens is 681 g/mol. The Morgan fingerprint density at radius 3 is 1.70 bits per heavy atom. The van der Waals surface area contributed by atoms with E-state index in [0.29, 0.717) is 32.9 Å². The van der Waals surface area contributed by atoms with Crippen LogP contribution in [0.3, 0.4) is 0 Å². The van der Waals surface area contributed by atoms with Gasteiger partial charge in [-0.1, -0.05) is 140 Å². The summed E-state index contributed by atoms with van der Waals surface area (Å²) in [6, 6.07) is 56.9. The zero-order chi connectivity index (χ0) is 36.1. The van der Waals surface area contributed by atoms with Crippen LogP contribution in [-0.4, -0.2) is 18.0 Å². The van der Waals surface area contributed by atoms with E-state index in [1.807, 2.05) is 22.8 Å². The largest absolute Gasteiger partial charge is 0.294 e. The summed E-state index contributed by atoms with van der Waals surface area (Å²) in [7, 11) is -3.80. The molecule has 0 radical (unpaired) electrons. The summed E-state index contributed by atoms with van der Waals surface area (Å²) in [4.78, 5) is 5.43. The molecule has 0 bridgehead atoms. The first-order valence-electron chi connectivity index (χ1n) is 18.4. The fourth-order valence-corrected chi connectivity index (χ4v) is 10.6. The topological polar surface area (TPSA) is 52.0 Å². The van der Waals surface area contributed by atoms with Crippen LogP contribution in [0.2, 0.25) is 0 Å². The van der Waals surface area contributed by atoms with Crippen LogP contribution < -0.4 is 0 Å². The van der Waals surface area contributed by atoms with Crippen molar-refractivity contribution in [3.8, 4) is 39.1 Å². The van der Waals surface area contributed by atoms with E-state index >= 15 is 0 Å². The number of para-hydroxylation sites is 1. The Balaban J connectivity index is 1.24. The molecular formula is C49H32N2O2S. The minimum absolute atomic E-state index is 0.303. The molecule has 0 saturated carbocycles. The first kappa shape index (κ1) is 31.0. The molecule has 5 heteroatoms. The summed E-state index contributed by atoms with van der Waals surface area (Å²) in [5.74, 6) is 0.847. The van der Waals surface area contributed by atoms with Gasteiger partial charge in [-0.25, -0.2) is 13.4 Å². The van der Waals surface area contributed by atoms with E-state index in [0.717, 1.165) is 38.9 Å². The average molecular weight is 713 g/mol. The highest BCUT2D eigenvalue weighted by atomic mass is 32.2. The first-order valence-corrected chi connectivity index (χ1v) is 19.8. The zero-order valence-corrected chi connectivity index (χ0v) is 30.2. The Bertz CT molecular complexity index is 3330. The molecule has 1 aliphatic rings. The number of rotatable bonds is 4. The quantitative estimate of drug-likeness (QED) is 0.171. The van der Waals surface area contributed by atoms with Crippen molar-refractivity contribution in [2.45, 2.75) is 23.1 Å². The Kier molecular flexibility index (Phi) is 6.59. The molecule has 4 nitrogen and oxygen atoms in total. The molecule has 0 aliphatic carbocycles. The van der Waals surface area contributed by atoms with E-state index in [1.165, 1.54) is 43.4 Å². The molecule has 9 aromatic carbocycles. The lowest BCUT2D eigenvalue weighted by atomic mass is 9.83. The average Bonchev–Trinajstić information content (AvgIpc) is 3.61. The van der Waals surface area contributed by atoms with Crippen LogP contribution >= 0.6 is 0 Å². The molecule has 0 N–H and O–H groups in total. The van der Waals surface area contributed by atoms with E-state index < -0.39 is 9.84 Å². The molecule has 0 fully saturated rings. The molecule has 0 unspecified atom stereocenters. The maximum absolute atomic E-state index is 14.4. The van der Waals surface area contributed by atoms with E-state index in [4.69, 9.17) is 4.98 Å². The number of fused-ring (bicyclic) bond motifs is 6.